The van der Waals surface area contributed by atoms with E-state index < -0.39 is 0 Å². The fourth-order valence-corrected chi connectivity index (χ4v) is 3.24. The Morgan fingerprint density at radius 2 is 2.05 bits per heavy atom. The summed E-state index contributed by atoms with van der Waals surface area (Å²) in [4.78, 5) is 16.2. The maximum Gasteiger partial charge on any atom is 0.227 e. The van der Waals surface area contributed by atoms with Crippen molar-refractivity contribution in [2.24, 2.45) is 5.92 Å². The van der Waals surface area contributed by atoms with E-state index in [1.165, 1.54) is 6.07 Å². The quantitative estimate of drug-likeness (QED) is 0.812. The fraction of sp³-hybridized carbons (Fsp3) is 0.533. The zero-order chi connectivity index (χ0) is 13.4. The van der Waals surface area contributed by atoms with Crippen molar-refractivity contribution in [1.29, 1.82) is 0 Å². The molecule has 4 heteroatoms. The summed E-state index contributed by atoms with van der Waals surface area (Å²) in [6.45, 7) is 2.21. The molecule has 19 heavy (non-hydrogen) atoms. The summed E-state index contributed by atoms with van der Waals surface area (Å²) in [5.41, 5.74) is 0.721. The van der Waals surface area contributed by atoms with Gasteiger partial charge < -0.3 is 4.90 Å². The molecule has 0 aromatic heterocycles. The van der Waals surface area contributed by atoms with E-state index >= 15 is 0 Å². The summed E-state index contributed by atoms with van der Waals surface area (Å²) in [6.07, 6.45) is 2.04. The number of piperidine rings is 1. The van der Waals surface area contributed by atoms with Crippen LogP contribution in [0.3, 0.4) is 0 Å². The molecule has 1 amide bonds. The molecule has 3 saturated heterocycles. The minimum atomic E-state index is -0.154. The third-order valence-electron chi connectivity index (χ3n) is 4.39. The van der Waals surface area contributed by atoms with Gasteiger partial charge in [0.2, 0.25) is 5.91 Å². The highest BCUT2D eigenvalue weighted by atomic mass is 19.1. The highest BCUT2D eigenvalue weighted by Gasteiger charge is 2.38. The maximum absolute atomic E-state index is 13.7. The number of carbonyl (C=O) groups is 1. The zero-order valence-electron chi connectivity index (χ0n) is 11.2. The number of carbonyl (C=O) groups excluding carboxylic acids is 1. The van der Waals surface area contributed by atoms with Gasteiger partial charge in [-0.1, -0.05) is 18.2 Å². The van der Waals surface area contributed by atoms with Gasteiger partial charge in [-0.05, 0) is 18.9 Å². The van der Waals surface area contributed by atoms with Gasteiger partial charge in [-0.3, -0.25) is 9.69 Å². The normalized spacial score (nSPS) is 27.7. The number of halogens is 1. The van der Waals surface area contributed by atoms with Crippen molar-refractivity contribution >= 4 is 5.91 Å². The molecule has 1 aromatic rings. The predicted molar refractivity (Wildman–Crippen MR) is 71.0 cm³/mol. The van der Waals surface area contributed by atoms with Gasteiger partial charge in [-0.15, -0.1) is 0 Å². The van der Waals surface area contributed by atoms with Crippen LogP contribution in [0.4, 0.5) is 4.39 Å². The first-order valence-electron chi connectivity index (χ1n) is 6.87. The third kappa shape index (κ3) is 2.37. The molecule has 0 N–H and O–H groups in total. The van der Waals surface area contributed by atoms with Gasteiger partial charge in [0.05, 0.1) is 5.92 Å². The summed E-state index contributed by atoms with van der Waals surface area (Å²) in [5.74, 6) is 0.196. The minimum absolute atomic E-state index is 0.0931. The van der Waals surface area contributed by atoms with Crippen LogP contribution in [0.1, 0.15) is 18.4 Å². The van der Waals surface area contributed by atoms with Gasteiger partial charge in [-0.2, -0.15) is 0 Å². The van der Waals surface area contributed by atoms with E-state index in [4.69, 9.17) is 0 Å². The number of likely N-dealkylation sites (N-methyl/N-ethyl adjacent to an activating group) is 1. The highest BCUT2D eigenvalue weighted by Crippen LogP contribution is 2.28. The van der Waals surface area contributed by atoms with Crippen molar-refractivity contribution < 1.29 is 9.18 Å². The molecule has 3 heterocycles. The molecule has 0 unspecified atom stereocenters. The van der Waals surface area contributed by atoms with Gasteiger partial charge in [0.15, 0.2) is 0 Å². The summed E-state index contributed by atoms with van der Waals surface area (Å²) in [5, 5.41) is 0. The van der Waals surface area contributed by atoms with E-state index in [1.54, 1.807) is 6.07 Å². The second-order valence-electron chi connectivity index (χ2n) is 5.66. The van der Waals surface area contributed by atoms with Crippen LogP contribution >= 0.6 is 0 Å². The molecule has 102 valence electrons. The first-order chi connectivity index (χ1) is 9.15. The van der Waals surface area contributed by atoms with Crippen molar-refractivity contribution in [3.8, 4) is 0 Å². The summed E-state index contributed by atoms with van der Waals surface area (Å²) in [6, 6.07) is 7.19. The molecule has 3 nitrogen and oxygen atoms in total. The molecule has 3 fully saturated rings. The molecule has 0 saturated carbocycles. The van der Waals surface area contributed by atoms with Crippen molar-refractivity contribution in [1.82, 2.24) is 9.80 Å². The highest BCUT2D eigenvalue weighted by molar-refractivity contribution is 5.80. The van der Waals surface area contributed by atoms with Crippen LogP contribution in [-0.4, -0.2) is 41.9 Å². The molecule has 0 radical (unpaired) electrons. The lowest BCUT2D eigenvalue weighted by Crippen LogP contribution is -2.45. The average Bonchev–Trinajstić information content (AvgIpc) is 2.66. The molecular weight excluding hydrogens is 243 g/mol. The maximum atomic E-state index is 13.7. The topological polar surface area (TPSA) is 23.6 Å². The summed E-state index contributed by atoms with van der Waals surface area (Å²) >= 11 is 0. The Morgan fingerprint density at radius 3 is 2.84 bits per heavy atom. The Balaban J connectivity index is 1.77. The van der Waals surface area contributed by atoms with Crippen LogP contribution in [-0.2, 0) is 11.3 Å². The molecule has 2 atom stereocenters. The predicted octanol–water partition coefficient (Wildman–Crippen LogP) is 1.88. The number of rotatable bonds is 2. The fourth-order valence-electron chi connectivity index (χ4n) is 3.24. The van der Waals surface area contributed by atoms with Crippen LogP contribution in [0.25, 0.3) is 0 Å². The lowest BCUT2D eigenvalue weighted by molar-refractivity contribution is -0.138. The summed E-state index contributed by atoms with van der Waals surface area (Å²) < 4.78 is 13.7. The first-order valence-corrected chi connectivity index (χ1v) is 6.87. The van der Waals surface area contributed by atoms with Gasteiger partial charge in [0.1, 0.15) is 5.82 Å². The lowest BCUT2D eigenvalue weighted by atomic mass is 9.95. The Hall–Kier alpha value is -1.42. The zero-order valence-corrected chi connectivity index (χ0v) is 11.2. The first kappa shape index (κ1) is 12.6. The van der Waals surface area contributed by atoms with Crippen LogP contribution in [0.2, 0.25) is 0 Å². The molecule has 0 aliphatic carbocycles. The van der Waals surface area contributed by atoms with Crippen LogP contribution in [0, 0.1) is 11.7 Å². The number of nitrogens with zero attached hydrogens (tertiary/aromatic N) is 2. The van der Waals surface area contributed by atoms with Crippen molar-refractivity contribution in [3.05, 3.63) is 35.6 Å². The molecule has 3 aliphatic heterocycles. The van der Waals surface area contributed by atoms with Crippen molar-refractivity contribution in [2.75, 3.05) is 20.1 Å². The molecule has 1 aromatic carbocycles. The van der Waals surface area contributed by atoms with Crippen molar-refractivity contribution in [2.45, 2.75) is 25.4 Å². The van der Waals surface area contributed by atoms with Crippen LogP contribution < -0.4 is 0 Å². The monoisotopic (exact) mass is 262 g/mol. The number of hydrogen-bond acceptors (Lipinski definition) is 2. The van der Waals surface area contributed by atoms with Crippen molar-refractivity contribution in [3.63, 3.8) is 0 Å². The summed E-state index contributed by atoms with van der Waals surface area (Å²) in [7, 11) is 1.89. The number of fused-ring (bicyclic) bond motifs is 4. The second-order valence-corrected chi connectivity index (χ2v) is 5.66. The van der Waals surface area contributed by atoms with Gasteiger partial charge in [0, 0.05) is 38.3 Å². The van der Waals surface area contributed by atoms with E-state index in [9.17, 15) is 9.18 Å². The average molecular weight is 262 g/mol. The van der Waals surface area contributed by atoms with Gasteiger partial charge in [0.25, 0.3) is 0 Å². The Labute approximate surface area is 113 Å². The molecule has 0 spiro atoms. The lowest BCUT2D eigenvalue weighted by Gasteiger charge is -2.32. The van der Waals surface area contributed by atoms with Gasteiger partial charge >= 0.3 is 0 Å². The largest absolute Gasteiger partial charge is 0.341 e. The molecule has 4 rings (SSSR count). The third-order valence-corrected chi connectivity index (χ3v) is 4.39. The number of hydrogen-bond donors (Lipinski definition) is 0. The van der Waals surface area contributed by atoms with Crippen LogP contribution in [0.15, 0.2) is 24.3 Å². The van der Waals surface area contributed by atoms with Gasteiger partial charge in [-0.25, -0.2) is 4.39 Å². The Morgan fingerprint density at radius 1 is 1.26 bits per heavy atom. The molecule has 3 aliphatic rings. The molecular formula is C15H19FN2O. The van der Waals surface area contributed by atoms with E-state index in [-0.39, 0.29) is 23.7 Å². The molecule has 2 bridgehead atoms. The number of amides is 1. The standard InChI is InChI=1S/C15H19FN2O/c1-17-13-7-6-12(15(17)19)9-18(10-13)8-11-4-2-3-5-14(11)16/h2-5,12-13H,6-10H2,1H3/t12-,13+/m1/s1. The van der Waals surface area contributed by atoms with E-state index in [0.717, 1.165) is 31.5 Å². The minimum Gasteiger partial charge on any atom is -0.341 e. The Bertz CT molecular complexity index is 491. The number of benzene rings is 1. The SMILES string of the molecule is CN1C(=O)[C@@H]2CC[C@H]1CN(Cc1ccccc1F)C2. The van der Waals surface area contributed by atoms with E-state index in [1.807, 2.05) is 24.1 Å². The Kier molecular flexibility index (Phi) is 3.27. The second kappa shape index (κ2) is 4.93. The van der Waals surface area contributed by atoms with E-state index in [2.05, 4.69) is 4.90 Å². The van der Waals surface area contributed by atoms with Crippen LogP contribution in [0.5, 0.6) is 0 Å². The smallest absolute Gasteiger partial charge is 0.227 e. The van der Waals surface area contributed by atoms with E-state index in [0.29, 0.717) is 6.54 Å².